The standard InChI is InChI=1S/C20H17N4/c1-16-12-14-17(15-13-16)20(23-21-18-8-4-2-5-9-18)24-22-19-10-6-3-7-11-19/h2-15H,1H3/q+1. The molecule has 0 amide bonds. The average Bonchev–Trinajstić information content (AvgIpc) is 2.64. The Hall–Kier alpha value is -3.27. The van der Waals surface area contributed by atoms with Crippen molar-refractivity contribution in [3.05, 3.63) is 102 Å². The summed E-state index contributed by atoms with van der Waals surface area (Å²) in [6.45, 7) is 2.04. The van der Waals surface area contributed by atoms with Gasteiger partial charge in [-0.3, -0.25) is 0 Å². The van der Waals surface area contributed by atoms with Crippen LogP contribution in [0.4, 0.5) is 11.4 Å². The normalized spacial score (nSPS) is 14.0. The summed E-state index contributed by atoms with van der Waals surface area (Å²) in [7, 11) is 0. The van der Waals surface area contributed by atoms with Gasteiger partial charge in [-0.05, 0) is 31.2 Å². The summed E-state index contributed by atoms with van der Waals surface area (Å²) in [6.07, 6.45) is 7.98. The van der Waals surface area contributed by atoms with Crippen molar-refractivity contribution in [2.24, 2.45) is 20.5 Å². The molecule has 2 aromatic rings. The van der Waals surface area contributed by atoms with Gasteiger partial charge in [0.25, 0.3) is 5.82 Å². The Labute approximate surface area is 141 Å². The van der Waals surface area contributed by atoms with Gasteiger partial charge in [0.05, 0.1) is 11.4 Å². The third-order valence-electron chi connectivity index (χ3n) is 3.34. The van der Waals surface area contributed by atoms with E-state index in [1.807, 2.05) is 92.2 Å². The van der Waals surface area contributed by atoms with Crippen LogP contribution in [0, 0.1) is 6.42 Å². The second-order valence-corrected chi connectivity index (χ2v) is 5.26. The molecule has 3 rings (SSSR count). The van der Waals surface area contributed by atoms with Crippen molar-refractivity contribution >= 4 is 11.4 Å². The van der Waals surface area contributed by atoms with Gasteiger partial charge in [-0.25, -0.2) is 0 Å². The predicted molar refractivity (Wildman–Crippen MR) is 96.1 cm³/mol. The molecule has 4 heteroatoms. The Balaban J connectivity index is 1.90. The molecular formula is C20H17N4+. The van der Waals surface area contributed by atoms with E-state index in [4.69, 9.17) is 0 Å². The average molecular weight is 313 g/mol. The molecule has 1 aliphatic rings. The summed E-state index contributed by atoms with van der Waals surface area (Å²) in [5.41, 5.74) is 3.60. The van der Waals surface area contributed by atoms with Gasteiger partial charge < -0.3 is 0 Å². The SMILES string of the molecule is CC1=C[CH+]C(=C(N=Nc2ccccc2)N=Nc2ccccc2)C=C1. The van der Waals surface area contributed by atoms with Crippen LogP contribution in [-0.4, -0.2) is 0 Å². The second-order valence-electron chi connectivity index (χ2n) is 5.26. The van der Waals surface area contributed by atoms with Crippen LogP contribution >= 0.6 is 0 Å². The van der Waals surface area contributed by atoms with Gasteiger partial charge in [0.2, 0.25) is 0 Å². The van der Waals surface area contributed by atoms with Crippen LogP contribution in [0.5, 0.6) is 0 Å². The summed E-state index contributed by atoms with van der Waals surface area (Å²) in [4.78, 5) is 0. The molecule has 1 aliphatic carbocycles. The third-order valence-corrected chi connectivity index (χ3v) is 3.34. The second kappa shape index (κ2) is 7.83. The maximum absolute atomic E-state index is 4.29. The van der Waals surface area contributed by atoms with Crippen LogP contribution in [0.1, 0.15) is 6.92 Å². The molecule has 0 aliphatic heterocycles. The summed E-state index contributed by atoms with van der Waals surface area (Å²) in [5, 5.41) is 17.1. The highest BCUT2D eigenvalue weighted by atomic mass is 15.2. The monoisotopic (exact) mass is 313 g/mol. The topological polar surface area (TPSA) is 49.4 Å². The molecule has 0 bridgehead atoms. The molecule has 24 heavy (non-hydrogen) atoms. The number of rotatable bonds is 4. The van der Waals surface area contributed by atoms with E-state index >= 15 is 0 Å². The van der Waals surface area contributed by atoms with Crippen molar-refractivity contribution in [3.8, 4) is 0 Å². The smallest absolute Gasteiger partial charge is 0.138 e. The van der Waals surface area contributed by atoms with E-state index in [-0.39, 0.29) is 0 Å². The van der Waals surface area contributed by atoms with Gasteiger partial charge in [-0.15, -0.1) is 10.2 Å². The summed E-state index contributed by atoms with van der Waals surface area (Å²) in [6, 6.07) is 19.1. The first-order chi connectivity index (χ1) is 11.8. The summed E-state index contributed by atoms with van der Waals surface area (Å²) >= 11 is 0. The molecule has 0 unspecified atom stereocenters. The van der Waals surface area contributed by atoms with Gasteiger partial charge in [0.15, 0.2) is 0 Å². The lowest BCUT2D eigenvalue weighted by Gasteiger charge is -1.98. The maximum atomic E-state index is 4.29. The molecule has 0 heterocycles. The van der Waals surface area contributed by atoms with Crippen LogP contribution in [-0.2, 0) is 0 Å². The number of allylic oxidation sites excluding steroid dienone is 5. The van der Waals surface area contributed by atoms with Gasteiger partial charge in [0, 0.05) is 30.2 Å². The fourth-order valence-corrected chi connectivity index (χ4v) is 2.04. The van der Waals surface area contributed by atoms with E-state index in [0.717, 1.165) is 16.9 Å². The van der Waals surface area contributed by atoms with Crippen LogP contribution in [0.3, 0.4) is 0 Å². The predicted octanol–water partition coefficient (Wildman–Crippen LogP) is 6.49. The molecule has 0 spiro atoms. The van der Waals surface area contributed by atoms with Crippen molar-refractivity contribution in [1.82, 2.24) is 0 Å². The zero-order chi connectivity index (χ0) is 16.6. The molecule has 116 valence electrons. The first kappa shape index (κ1) is 15.6. The van der Waals surface area contributed by atoms with Crippen LogP contribution in [0.2, 0.25) is 0 Å². The molecule has 0 saturated carbocycles. The van der Waals surface area contributed by atoms with Gasteiger partial charge in [-0.1, -0.05) is 46.6 Å². The van der Waals surface area contributed by atoms with E-state index in [0.29, 0.717) is 5.82 Å². The number of hydrogen-bond acceptors (Lipinski definition) is 4. The molecule has 4 nitrogen and oxygen atoms in total. The number of hydrogen-bond donors (Lipinski definition) is 0. The van der Waals surface area contributed by atoms with Crippen LogP contribution in [0.15, 0.2) is 116 Å². The van der Waals surface area contributed by atoms with E-state index in [1.54, 1.807) is 0 Å². The van der Waals surface area contributed by atoms with Gasteiger partial charge in [-0.2, -0.15) is 0 Å². The summed E-state index contributed by atoms with van der Waals surface area (Å²) in [5.74, 6) is 0.475. The molecule has 0 aromatic heterocycles. The lowest BCUT2D eigenvalue weighted by molar-refractivity contribution is 1.01. The molecule has 0 N–H and O–H groups in total. The van der Waals surface area contributed by atoms with Crippen molar-refractivity contribution in [2.75, 3.05) is 0 Å². The van der Waals surface area contributed by atoms with Gasteiger partial charge in [0.1, 0.15) is 5.57 Å². The lowest BCUT2D eigenvalue weighted by atomic mass is 10.0. The highest BCUT2D eigenvalue weighted by molar-refractivity contribution is 5.45. The largest absolute Gasteiger partial charge is 0.283 e. The Morgan fingerprint density at radius 1 is 0.750 bits per heavy atom. The number of azo groups is 2. The van der Waals surface area contributed by atoms with Crippen molar-refractivity contribution in [2.45, 2.75) is 6.92 Å². The molecule has 0 radical (unpaired) electrons. The fourth-order valence-electron chi connectivity index (χ4n) is 2.04. The van der Waals surface area contributed by atoms with E-state index in [2.05, 4.69) is 20.5 Å². The van der Waals surface area contributed by atoms with E-state index in [9.17, 15) is 0 Å². The minimum absolute atomic E-state index is 0.475. The Kier molecular flexibility index (Phi) is 5.10. The van der Waals surface area contributed by atoms with E-state index < -0.39 is 0 Å². The zero-order valence-corrected chi connectivity index (χ0v) is 13.4. The Bertz CT molecular complexity index is 777. The van der Waals surface area contributed by atoms with Gasteiger partial charge >= 0.3 is 0 Å². The van der Waals surface area contributed by atoms with Crippen LogP contribution < -0.4 is 0 Å². The fraction of sp³-hybridized carbons (Fsp3) is 0.0500. The molecule has 2 aromatic carbocycles. The van der Waals surface area contributed by atoms with Crippen LogP contribution in [0.25, 0.3) is 0 Å². The quantitative estimate of drug-likeness (QED) is 0.458. The van der Waals surface area contributed by atoms with Crippen molar-refractivity contribution in [3.63, 3.8) is 0 Å². The minimum Gasteiger partial charge on any atom is -0.138 e. The highest BCUT2D eigenvalue weighted by Crippen LogP contribution is 2.23. The molecule has 0 fully saturated rings. The minimum atomic E-state index is 0.475. The van der Waals surface area contributed by atoms with E-state index in [1.165, 1.54) is 5.57 Å². The van der Waals surface area contributed by atoms with Crippen molar-refractivity contribution < 1.29 is 0 Å². The molecule has 0 saturated heterocycles. The zero-order valence-electron chi connectivity index (χ0n) is 13.4. The first-order valence-corrected chi connectivity index (χ1v) is 7.69. The first-order valence-electron chi connectivity index (χ1n) is 7.69. The Morgan fingerprint density at radius 3 is 1.75 bits per heavy atom. The number of benzene rings is 2. The molecule has 0 atom stereocenters. The third kappa shape index (κ3) is 4.36. The Morgan fingerprint density at radius 2 is 1.29 bits per heavy atom. The number of nitrogens with zero attached hydrogens (tertiary/aromatic N) is 4. The highest BCUT2D eigenvalue weighted by Gasteiger charge is 2.14. The summed E-state index contributed by atoms with van der Waals surface area (Å²) < 4.78 is 0. The van der Waals surface area contributed by atoms with Crippen molar-refractivity contribution in [1.29, 1.82) is 0 Å². The lowest BCUT2D eigenvalue weighted by Crippen LogP contribution is -1.89. The molecular weight excluding hydrogens is 296 g/mol. The maximum Gasteiger partial charge on any atom is 0.283 e.